The second-order valence-electron chi connectivity index (χ2n) is 6.80. The summed E-state index contributed by atoms with van der Waals surface area (Å²) in [5.74, 6) is 2.10. The van der Waals surface area contributed by atoms with Gasteiger partial charge in [0, 0.05) is 37.5 Å². The number of amides is 1. The fraction of sp³-hybridized carbons (Fsp3) is 0.737. The molecule has 8 heteroatoms. The predicted molar refractivity (Wildman–Crippen MR) is 118 cm³/mol. The Morgan fingerprint density at radius 1 is 1.30 bits per heavy atom. The van der Waals surface area contributed by atoms with Crippen LogP contribution in [0.25, 0.3) is 0 Å². The molecule has 0 aliphatic heterocycles. The van der Waals surface area contributed by atoms with Gasteiger partial charge >= 0.3 is 0 Å². The fourth-order valence-electron chi connectivity index (χ4n) is 2.78. The van der Waals surface area contributed by atoms with Crippen LogP contribution in [0.2, 0.25) is 0 Å². The summed E-state index contributed by atoms with van der Waals surface area (Å²) in [6, 6.07) is 2.44. The Morgan fingerprint density at radius 3 is 2.67 bits per heavy atom. The lowest BCUT2D eigenvalue weighted by Gasteiger charge is -2.10. The number of rotatable bonds is 11. The molecule has 1 heterocycles. The Morgan fingerprint density at radius 2 is 2.04 bits per heavy atom. The maximum Gasteiger partial charge on any atom is 0.220 e. The van der Waals surface area contributed by atoms with E-state index in [1.165, 1.54) is 0 Å². The van der Waals surface area contributed by atoms with Crippen molar-refractivity contribution in [1.29, 1.82) is 0 Å². The van der Waals surface area contributed by atoms with E-state index in [0.29, 0.717) is 31.5 Å². The monoisotopic (exact) mass is 491 g/mol. The lowest BCUT2D eigenvalue weighted by molar-refractivity contribution is -0.121. The van der Waals surface area contributed by atoms with Gasteiger partial charge in [-0.3, -0.25) is 4.79 Å². The molecule has 1 aromatic heterocycles. The number of aliphatic imine (C=N–C) groups is 1. The summed E-state index contributed by atoms with van der Waals surface area (Å²) >= 11 is 0. The smallest absolute Gasteiger partial charge is 0.220 e. The summed E-state index contributed by atoms with van der Waals surface area (Å²) in [6.07, 6.45) is 5.70. The topological polar surface area (TPSA) is 91.6 Å². The maximum atomic E-state index is 11.7. The van der Waals surface area contributed by atoms with E-state index in [1.807, 2.05) is 13.0 Å². The molecule has 0 spiro atoms. The van der Waals surface area contributed by atoms with Crippen LogP contribution in [0.4, 0.5) is 0 Å². The first-order valence-corrected chi connectivity index (χ1v) is 9.93. The van der Waals surface area contributed by atoms with Gasteiger partial charge in [0.05, 0.1) is 5.69 Å². The van der Waals surface area contributed by atoms with Crippen LogP contribution >= 0.6 is 24.0 Å². The second-order valence-corrected chi connectivity index (χ2v) is 6.80. The molecule has 27 heavy (non-hydrogen) atoms. The van der Waals surface area contributed by atoms with Gasteiger partial charge in [0.2, 0.25) is 5.91 Å². The zero-order valence-electron chi connectivity index (χ0n) is 16.7. The Hall–Kier alpha value is -1.32. The van der Waals surface area contributed by atoms with Crippen LogP contribution in [-0.2, 0) is 11.3 Å². The van der Waals surface area contributed by atoms with Crippen LogP contribution in [0.1, 0.15) is 76.7 Å². The average molecular weight is 491 g/mol. The summed E-state index contributed by atoms with van der Waals surface area (Å²) in [5, 5.41) is 13.7. The van der Waals surface area contributed by atoms with Crippen molar-refractivity contribution in [3.8, 4) is 0 Å². The molecule has 1 fully saturated rings. The standard InChI is InChI=1S/C19H33N5O2.HI/c1-4-14(5-2)17-12-16(26-24-17)13-22-19(20-6-3)21-11-7-8-18(25)23-15-9-10-15;/h12,14-15H,4-11,13H2,1-3H3,(H,23,25)(H2,20,21,22);1H. The molecule has 2 rings (SSSR count). The van der Waals surface area contributed by atoms with Gasteiger partial charge in [0.1, 0.15) is 6.54 Å². The van der Waals surface area contributed by atoms with E-state index in [0.717, 1.165) is 56.1 Å². The van der Waals surface area contributed by atoms with Gasteiger partial charge in [-0.1, -0.05) is 19.0 Å². The van der Waals surface area contributed by atoms with Crippen molar-refractivity contribution in [1.82, 2.24) is 21.1 Å². The predicted octanol–water partition coefficient (Wildman–Crippen LogP) is 3.31. The van der Waals surface area contributed by atoms with Crippen LogP contribution in [0.15, 0.2) is 15.6 Å². The number of nitrogens with one attached hydrogen (secondary N) is 3. The highest BCUT2D eigenvalue weighted by atomic mass is 127. The quantitative estimate of drug-likeness (QED) is 0.191. The van der Waals surface area contributed by atoms with Crippen molar-refractivity contribution in [2.45, 2.75) is 77.8 Å². The van der Waals surface area contributed by atoms with Gasteiger partial charge in [0.25, 0.3) is 0 Å². The zero-order valence-corrected chi connectivity index (χ0v) is 19.0. The number of nitrogens with zero attached hydrogens (tertiary/aromatic N) is 2. The number of hydrogen-bond donors (Lipinski definition) is 3. The third kappa shape index (κ3) is 8.94. The molecular formula is C19H34IN5O2. The highest BCUT2D eigenvalue weighted by Gasteiger charge is 2.22. The van der Waals surface area contributed by atoms with Gasteiger partial charge in [-0.05, 0) is 39.0 Å². The summed E-state index contributed by atoms with van der Waals surface area (Å²) in [4.78, 5) is 16.2. The molecular weight excluding hydrogens is 457 g/mol. The van der Waals surface area contributed by atoms with E-state index in [2.05, 4.69) is 39.9 Å². The van der Waals surface area contributed by atoms with Crippen LogP contribution in [0, 0.1) is 0 Å². The largest absolute Gasteiger partial charge is 0.359 e. The SMILES string of the molecule is CCNC(=NCc1cc(C(CC)CC)no1)NCCCC(=O)NC1CC1.I. The Bertz CT molecular complexity index is 582. The van der Waals surface area contributed by atoms with Crippen molar-refractivity contribution in [3.05, 3.63) is 17.5 Å². The van der Waals surface area contributed by atoms with E-state index in [4.69, 9.17) is 4.52 Å². The van der Waals surface area contributed by atoms with E-state index in [-0.39, 0.29) is 29.9 Å². The van der Waals surface area contributed by atoms with Crippen LogP contribution < -0.4 is 16.0 Å². The highest BCUT2D eigenvalue weighted by molar-refractivity contribution is 14.0. The van der Waals surface area contributed by atoms with Crippen molar-refractivity contribution in [3.63, 3.8) is 0 Å². The number of carbonyl (C=O) groups is 1. The van der Waals surface area contributed by atoms with Crippen LogP contribution in [-0.4, -0.2) is 36.2 Å². The second kappa shape index (κ2) is 13.0. The highest BCUT2D eigenvalue weighted by Crippen LogP contribution is 2.22. The molecule has 3 N–H and O–H groups in total. The number of guanidine groups is 1. The Labute approximate surface area is 179 Å². The van der Waals surface area contributed by atoms with E-state index in [1.54, 1.807) is 0 Å². The minimum absolute atomic E-state index is 0. The van der Waals surface area contributed by atoms with E-state index < -0.39 is 0 Å². The van der Waals surface area contributed by atoms with Gasteiger partial charge < -0.3 is 20.5 Å². The lowest BCUT2D eigenvalue weighted by atomic mass is 9.99. The molecule has 0 unspecified atom stereocenters. The number of halogens is 1. The number of hydrogen-bond acceptors (Lipinski definition) is 4. The molecule has 0 radical (unpaired) electrons. The van der Waals surface area contributed by atoms with Crippen molar-refractivity contribution < 1.29 is 9.32 Å². The zero-order chi connectivity index (χ0) is 18.8. The maximum absolute atomic E-state index is 11.7. The minimum atomic E-state index is 0. The van der Waals surface area contributed by atoms with E-state index >= 15 is 0 Å². The molecule has 0 aromatic carbocycles. The van der Waals surface area contributed by atoms with Crippen molar-refractivity contribution >= 4 is 35.8 Å². The molecule has 1 amide bonds. The lowest BCUT2D eigenvalue weighted by Crippen LogP contribution is -2.38. The Kier molecular flexibility index (Phi) is 11.4. The summed E-state index contributed by atoms with van der Waals surface area (Å²) in [7, 11) is 0. The fourth-order valence-corrected chi connectivity index (χ4v) is 2.78. The average Bonchev–Trinajstić information content (AvgIpc) is 3.32. The summed E-state index contributed by atoms with van der Waals surface area (Å²) in [6.45, 7) is 8.30. The minimum Gasteiger partial charge on any atom is -0.359 e. The molecule has 1 aliphatic rings. The van der Waals surface area contributed by atoms with Gasteiger partial charge in [-0.2, -0.15) is 0 Å². The van der Waals surface area contributed by atoms with Crippen molar-refractivity contribution in [2.24, 2.45) is 4.99 Å². The first-order valence-electron chi connectivity index (χ1n) is 9.93. The van der Waals surface area contributed by atoms with Gasteiger partial charge in [-0.15, -0.1) is 24.0 Å². The van der Waals surface area contributed by atoms with Gasteiger partial charge in [0.15, 0.2) is 11.7 Å². The molecule has 0 atom stereocenters. The molecule has 1 saturated carbocycles. The molecule has 7 nitrogen and oxygen atoms in total. The Balaban J connectivity index is 0.00000364. The first-order chi connectivity index (χ1) is 12.7. The molecule has 1 aliphatic carbocycles. The molecule has 154 valence electrons. The van der Waals surface area contributed by atoms with Gasteiger partial charge in [-0.25, -0.2) is 4.99 Å². The number of aromatic nitrogens is 1. The number of carbonyl (C=O) groups excluding carboxylic acids is 1. The molecule has 1 aromatic rings. The van der Waals surface area contributed by atoms with Crippen molar-refractivity contribution in [2.75, 3.05) is 13.1 Å². The summed E-state index contributed by atoms with van der Waals surface area (Å²) < 4.78 is 5.41. The molecule has 0 bridgehead atoms. The summed E-state index contributed by atoms with van der Waals surface area (Å²) in [5.41, 5.74) is 1.01. The normalized spacial score (nSPS) is 14.0. The van der Waals surface area contributed by atoms with Crippen LogP contribution in [0.3, 0.4) is 0 Å². The van der Waals surface area contributed by atoms with E-state index in [9.17, 15) is 4.79 Å². The molecule has 0 saturated heterocycles. The third-order valence-electron chi connectivity index (χ3n) is 4.53. The third-order valence-corrected chi connectivity index (χ3v) is 4.53. The first kappa shape index (κ1) is 23.7. The van der Waals surface area contributed by atoms with Crippen LogP contribution in [0.5, 0.6) is 0 Å².